The highest BCUT2D eigenvalue weighted by Crippen LogP contribution is 2.10. The molecule has 1 aliphatic rings. The Labute approximate surface area is 152 Å². The number of likely N-dealkylation sites (tertiary alicyclic amines) is 1. The molecule has 0 bridgehead atoms. The summed E-state index contributed by atoms with van der Waals surface area (Å²) in [5, 5.41) is 2.88. The quantitative estimate of drug-likeness (QED) is 0.798. The number of nitrogens with one attached hydrogen (secondary N) is 1. The molecule has 1 aromatic heterocycles. The summed E-state index contributed by atoms with van der Waals surface area (Å²) in [5.74, 6) is -0.250. The summed E-state index contributed by atoms with van der Waals surface area (Å²) >= 11 is 0. The molecule has 2 aromatic rings. The van der Waals surface area contributed by atoms with E-state index in [2.05, 4.69) is 10.2 Å². The molecule has 1 aromatic carbocycles. The van der Waals surface area contributed by atoms with E-state index in [9.17, 15) is 14.4 Å². The van der Waals surface area contributed by atoms with Crippen LogP contribution in [0.4, 0.5) is 0 Å². The minimum Gasteiger partial charge on any atom is -0.353 e. The fourth-order valence-electron chi connectivity index (χ4n) is 3.52. The average molecular weight is 358 g/mol. The van der Waals surface area contributed by atoms with Gasteiger partial charge in [0, 0.05) is 20.1 Å². The van der Waals surface area contributed by atoms with Gasteiger partial charge in [-0.2, -0.15) is 0 Å². The van der Waals surface area contributed by atoms with Crippen molar-refractivity contribution in [3.63, 3.8) is 0 Å². The maximum absolute atomic E-state index is 12.3. The summed E-state index contributed by atoms with van der Waals surface area (Å²) in [4.78, 5) is 39.2. The lowest BCUT2D eigenvalue weighted by molar-refractivity contribution is -0.121. The second-order valence-corrected chi connectivity index (χ2v) is 6.85. The van der Waals surface area contributed by atoms with Crippen molar-refractivity contribution in [2.45, 2.75) is 32.2 Å². The topological polar surface area (TPSA) is 76.3 Å². The van der Waals surface area contributed by atoms with Gasteiger partial charge in [-0.1, -0.05) is 25.0 Å². The summed E-state index contributed by atoms with van der Waals surface area (Å²) in [6.07, 6.45) is 4.98. The van der Waals surface area contributed by atoms with Crippen LogP contribution in [0.15, 0.2) is 33.9 Å². The number of amides is 1. The molecule has 1 N–H and O–H groups in total. The third kappa shape index (κ3) is 4.04. The van der Waals surface area contributed by atoms with Gasteiger partial charge in [0.05, 0.1) is 11.0 Å². The minimum atomic E-state index is -0.672. The Morgan fingerprint density at radius 1 is 1.00 bits per heavy atom. The first kappa shape index (κ1) is 18.4. The second-order valence-electron chi connectivity index (χ2n) is 6.85. The van der Waals surface area contributed by atoms with E-state index in [-0.39, 0.29) is 12.5 Å². The number of carbonyl (C=O) groups is 1. The summed E-state index contributed by atoms with van der Waals surface area (Å²) in [6.45, 7) is 3.38. The van der Waals surface area contributed by atoms with Crippen LogP contribution in [0.25, 0.3) is 11.0 Å². The molecule has 7 heteroatoms. The van der Waals surface area contributed by atoms with Crippen LogP contribution < -0.4 is 16.4 Å². The third-order valence-corrected chi connectivity index (χ3v) is 5.02. The normalized spacial score (nSPS) is 15.7. The van der Waals surface area contributed by atoms with Gasteiger partial charge in [-0.25, -0.2) is 0 Å². The highest BCUT2D eigenvalue weighted by atomic mass is 16.2. The number of hydrogen-bond donors (Lipinski definition) is 1. The van der Waals surface area contributed by atoms with Gasteiger partial charge >= 0.3 is 11.1 Å². The van der Waals surface area contributed by atoms with Gasteiger partial charge in [-0.15, -0.1) is 0 Å². The molecule has 140 valence electrons. The SMILES string of the molecule is Cn1c(=O)c(=O)n(CC(=O)NCCN2CCCCCC2)c2ccccc21. The van der Waals surface area contributed by atoms with Crippen LogP contribution in [0.5, 0.6) is 0 Å². The van der Waals surface area contributed by atoms with Gasteiger partial charge in [-0.05, 0) is 38.1 Å². The van der Waals surface area contributed by atoms with Gasteiger partial charge in [0.15, 0.2) is 0 Å². The van der Waals surface area contributed by atoms with Crippen LogP contribution in [-0.4, -0.2) is 46.1 Å². The van der Waals surface area contributed by atoms with Crippen molar-refractivity contribution in [2.75, 3.05) is 26.2 Å². The molecular formula is C19H26N4O3. The van der Waals surface area contributed by atoms with Crippen molar-refractivity contribution in [3.05, 3.63) is 45.0 Å². The van der Waals surface area contributed by atoms with E-state index >= 15 is 0 Å². The first-order chi connectivity index (χ1) is 12.6. The Balaban J connectivity index is 1.68. The lowest BCUT2D eigenvalue weighted by Crippen LogP contribution is -2.44. The molecular weight excluding hydrogens is 332 g/mol. The molecule has 1 amide bonds. The summed E-state index contributed by atoms with van der Waals surface area (Å²) < 4.78 is 2.59. The number of aryl methyl sites for hydroxylation is 1. The lowest BCUT2D eigenvalue weighted by Gasteiger charge is -2.20. The number of rotatable bonds is 5. The molecule has 3 rings (SSSR count). The molecule has 2 heterocycles. The summed E-state index contributed by atoms with van der Waals surface area (Å²) in [6, 6.07) is 7.11. The van der Waals surface area contributed by atoms with Crippen LogP contribution >= 0.6 is 0 Å². The molecule has 0 saturated carbocycles. The fourth-order valence-corrected chi connectivity index (χ4v) is 3.52. The summed E-state index contributed by atoms with van der Waals surface area (Å²) in [5.41, 5.74) is -0.0772. The van der Waals surface area contributed by atoms with Crippen LogP contribution in [0.2, 0.25) is 0 Å². The van der Waals surface area contributed by atoms with Crippen LogP contribution in [0, 0.1) is 0 Å². The van der Waals surface area contributed by atoms with E-state index in [0.29, 0.717) is 17.6 Å². The van der Waals surface area contributed by atoms with Gasteiger partial charge in [0.1, 0.15) is 6.54 Å². The molecule has 0 radical (unpaired) electrons. The van der Waals surface area contributed by atoms with E-state index in [1.807, 2.05) is 0 Å². The minimum absolute atomic E-state index is 0.143. The first-order valence-electron chi connectivity index (χ1n) is 9.25. The zero-order valence-corrected chi connectivity index (χ0v) is 15.2. The van der Waals surface area contributed by atoms with Crippen LogP contribution in [0.1, 0.15) is 25.7 Å². The van der Waals surface area contributed by atoms with E-state index < -0.39 is 11.1 Å². The van der Waals surface area contributed by atoms with Gasteiger partial charge < -0.3 is 14.8 Å². The number of nitrogens with zero attached hydrogens (tertiary/aromatic N) is 3. The van der Waals surface area contributed by atoms with Crippen molar-refractivity contribution < 1.29 is 4.79 Å². The van der Waals surface area contributed by atoms with E-state index in [1.54, 1.807) is 31.3 Å². The van der Waals surface area contributed by atoms with Gasteiger partial charge in [0.2, 0.25) is 5.91 Å². The maximum atomic E-state index is 12.3. The number of hydrogen-bond acceptors (Lipinski definition) is 4. The van der Waals surface area contributed by atoms with Crippen LogP contribution in [-0.2, 0) is 18.4 Å². The number of fused-ring (bicyclic) bond motifs is 1. The Bertz CT molecular complexity index is 892. The molecule has 0 spiro atoms. The molecule has 0 atom stereocenters. The van der Waals surface area contributed by atoms with Gasteiger partial charge in [0.25, 0.3) is 0 Å². The molecule has 1 fully saturated rings. The van der Waals surface area contributed by atoms with E-state index in [4.69, 9.17) is 0 Å². The largest absolute Gasteiger partial charge is 0.353 e. The Morgan fingerprint density at radius 2 is 1.65 bits per heavy atom. The van der Waals surface area contributed by atoms with Crippen molar-refractivity contribution in [1.82, 2.24) is 19.4 Å². The van der Waals surface area contributed by atoms with Crippen molar-refractivity contribution in [1.29, 1.82) is 0 Å². The van der Waals surface area contributed by atoms with Gasteiger partial charge in [-0.3, -0.25) is 19.0 Å². The zero-order chi connectivity index (χ0) is 18.5. The number of para-hydroxylation sites is 2. The highest BCUT2D eigenvalue weighted by Gasteiger charge is 2.14. The van der Waals surface area contributed by atoms with Crippen LogP contribution in [0.3, 0.4) is 0 Å². The molecule has 7 nitrogen and oxygen atoms in total. The second kappa shape index (κ2) is 8.31. The zero-order valence-electron chi connectivity index (χ0n) is 15.2. The predicted octanol–water partition coefficient (Wildman–Crippen LogP) is 0.692. The molecule has 26 heavy (non-hydrogen) atoms. The Morgan fingerprint density at radius 3 is 2.35 bits per heavy atom. The Kier molecular flexibility index (Phi) is 5.88. The van der Waals surface area contributed by atoms with Crippen molar-refractivity contribution >= 4 is 16.9 Å². The monoisotopic (exact) mass is 358 g/mol. The van der Waals surface area contributed by atoms with Crippen molar-refractivity contribution in [2.24, 2.45) is 7.05 Å². The predicted molar refractivity (Wildman–Crippen MR) is 101 cm³/mol. The number of carbonyl (C=O) groups excluding carboxylic acids is 1. The highest BCUT2D eigenvalue weighted by molar-refractivity contribution is 5.80. The standard InChI is InChI=1S/C19H26N4O3/c1-21-15-8-4-5-9-16(15)23(19(26)18(21)25)14-17(24)20-10-13-22-11-6-2-3-7-12-22/h4-5,8-9H,2-3,6-7,10-14H2,1H3,(H,20,24). The lowest BCUT2D eigenvalue weighted by atomic mass is 10.2. The molecule has 0 unspecified atom stereocenters. The first-order valence-corrected chi connectivity index (χ1v) is 9.25. The molecule has 1 aliphatic heterocycles. The molecule has 0 aliphatic carbocycles. The van der Waals surface area contributed by atoms with E-state index in [1.165, 1.54) is 34.8 Å². The number of aromatic nitrogens is 2. The molecule has 1 saturated heterocycles. The average Bonchev–Trinajstić information content (AvgIpc) is 2.92. The van der Waals surface area contributed by atoms with Crippen molar-refractivity contribution in [3.8, 4) is 0 Å². The summed E-state index contributed by atoms with van der Waals surface area (Å²) in [7, 11) is 1.57. The smallest absolute Gasteiger partial charge is 0.317 e. The maximum Gasteiger partial charge on any atom is 0.317 e. The third-order valence-electron chi connectivity index (χ3n) is 5.02. The Hall–Kier alpha value is -2.41. The van der Waals surface area contributed by atoms with E-state index in [0.717, 1.165) is 19.6 Å². The fraction of sp³-hybridized carbons (Fsp3) is 0.526. The number of benzene rings is 1.